The summed E-state index contributed by atoms with van der Waals surface area (Å²) in [5, 5.41) is 4.75. The monoisotopic (exact) mass is 671 g/mol. The molecule has 0 amide bonds. The molecule has 3 atom stereocenters. The highest BCUT2D eigenvalue weighted by molar-refractivity contribution is 6.21. The third kappa shape index (κ3) is 5.33. The molecule has 52 heavy (non-hydrogen) atoms. The smallest absolute Gasteiger partial charge is 0.143 e. The first-order valence-corrected chi connectivity index (χ1v) is 18.9. The molecule has 10 rings (SSSR count). The van der Waals surface area contributed by atoms with Crippen LogP contribution in [0.1, 0.15) is 43.2 Å². The van der Waals surface area contributed by atoms with Crippen molar-refractivity contribution < 1.29 is 4.42 Å². The molecule has 5 aliphatic rings. The van der Waals surface area contributed by atoms with E-state index in [1.807, 2.05) is 0 Å². The highest BCUT2D eigenvalue weighted by atomic mass is 16.3. The van der Waals surface area contributed by atoms with Crippen molar-refractivity contribution in [2.75, 3.05) is 4.90 Å². The summed E-state index contributed by atoms with van der Waals surface area (Å²) in [6, 6.07) is 27.1. The fourth-order valence-electron chi connectivity index (χ4n) is 8.95. The molecule has 2 nitrogen and oxygen atoms in total. The summed E-state index contributed by atoms with van der Waals surface area (Å²) >= 11 is 0. The van der Waals surface area contributed by atoms with Crippen LogP contribution in [0, 0.1) is 11.8 Å². The molecular formula is C50H41NO. The zero-order valence-corrected chi connectivity index (χ0v) is 29.3. The van der Waals surface area contributed by atoms with Gasteiger partial charge in [-0.1, -0.05) is 145 Å². The quantitative estimate of drug-likeness (QED) is 0.179. The molecule has 0 radical (unpaired) electrons. The van der Waals surface area contributed by atoms with E-state index in [1.54, 1.807) is 5.57 Å². The van der Waals surface area contributed by atoms with E-state index in [9.17, 15) is 0 Å². The van der Waals surface area contributed by atoms with Gasteiger partial charge in [-0.2, -0.15) is 0 Å². The summed E-state index contributed by atoms with van der Waals surface area (Å²) in [5.74, 6) is 0.735. The van der Waals surface area contributed by atoms with Gasteiger partial charge in [-0.15, -0.1) is 0 Å². The van der Waals surface area contributed by atoms with Crippen LogP contribution in [-0.4, -0.2) is 6.04 Å². The molecule has 2 heteroatoms. The summed E-state index contributed by atoms with van der Waals surface area (Å²) in [6.45, 7) is 0. The Morgan fingerprint density at radius 3 is 2.35 bits per heavy atom. The molecule has 1 heterocycles. The van der Waals surface area contributed by atoms with Crippen molar-refractivity contribution in [3.8, 4) is 0 Å². The summed E-state index contributed by atoms with van der Waals surface area (Å²) in [5.41, 5.74) is 12.3. The fourth-order valence-corrected chi connectivity index (χ4v) is 8.95. The Labute approximate surface area is 305 Å². The van der Waals surface area contributed by atoms with Gasteiger partial charge in [-0.25, -0.2) is 0 Å². The molecule has 0 saturated carbocycles. The number of anilines is 2. The minimum absolute atomic E-state index is 0.0843. The zero-order valence-electron chi connectivity index (χ0n) is 29.3. The lowest BCUT2D eigenvalue weighted by molar-refractivity contribution is 0.640. The summed E-state index contributed by atoms with van der Waals surface area (Å²) < 4.78 is 6.84. The number of nitrogens with zero attached hydrogens (tertiary/aromatic N) is 1. The first-order chi connectivity index (χ1) is 25.8. The van der Waals surface area contributed by atoms with Crippen LogP contribution >= 0.6 is 0 Å². The first-order valence-electron chi connectivity index (χ1n) is 18.9. The second kappa shape index (κ2) is 13.0. The topological polar surface area (TPSA) is 16.4 Å². The van der Waals surface area contributed by atoms with Crippen LogP contribution in [0.25, 0.3) is 43.9 Å². The maximum atomic E-state index is 6.84. The minimum Gasteiger partial charge on any atom is -0.455 e. The van der Waals surface area contributed by atoms with Crippen molar-refractivity contribution in [1.29, 1.82) is 0 Å². The lowest BCUT2D eigenvalue weighted by Gasteiger charge is -2.39. The van der Waals surface area contributed by atoms with Gasteiger partial charge >= 0.3 is 0 Å². The zero-order chi connectivity index (χ0) is 34.4. The lowest BCUT2D eigenvalue weighted by atomic mass is 9.82. The van der Waals surface area contributed by atoms with E-state index >= 15 is 0 Å². The maximum Gasteiger partial charge on any atom is 0.143 e. The standard InChI is InChI=1S/C50H41NO/c1-3-13-34(14-4-1)35-25-27-36(28-26-35)37-29-31-40(32-30-37)51(46-22-11-18-38-17-7-8-19-41(38)46)47-23-12-24-48-49(47)45-33-44(39-15-5-2-6-16-39)42-20-9-10-21-43(42)50(45)52-48/h1-3,5,7-13,15,17-25,27-33,35,41,46H,4,6,14,16,26H2. The van der Waals surface area contributed by atoms with Gasteiger partial charge < -0.3 is 9.32 Å². The number of fused-ring (bicyclic) bond motifs is 6. The van der Waals surface area contributed by atoms with E-state index in [1.165, 1.54) is 56.1 Å². The Kier molecular flexibility index (Phi) is 7.75. The van der Waals surface area contributed by atoms with E-state index in [0.29, 0.717) is 5.92 Å². The van der Waals surface area contributed by atoms with Crippen LogP contribution in [0.5, 0.6) is 0 Å². The molecule has 0 N–H and O–H groups in total. The Morgan fingerprint density at radius 1 is 0.673 bits per heavy atom. The maximum absolute atomic E-state index is 6.84. The number of furan rings is 1. The Morgan fingerprint density at radius 2 is 1.54 bits per heavy atom. The number of benzene rings is 4. The second-order valence-corrected chi connectivity index (χ2v) is 14.6. The van der Waals surface area contributed by atoms with E-state index in [4.69, 9.17) is 4.42 Å². The first kappa shape index (κ1) is 30.9. The average Bonchev–Trinajstić information content (AvgIpc) is 3.61. The van der Waals surface area contributed by atoms with Crippen molar-refractivity contribution in [2.24, 2.45) is 11.8 Å². The average molecular weight is 672 g/mol. The number of hydrogen-bond donors (Lipinski definition) is 0. The SMILES string of the molecule is C1=CCCC(c2cc3c(oc4cccc(N(c5ccc(C6=CCC(C7=CC=CCC7)C=C6)cc5)C5C=CC=C6C=CC=CC65)c43)c3ccccc23)=C1. The Hall–Kier alpha value is -5.86. The second-order valence-electron chi connectivity index (χ2n) is 14.6. The van der Waals surface area contributed by atoms with Gasteiger partial charge in [0.05, 0.1) is 17.1 Å². The predicted molar refractivity (Wildman–Crippen MR) is 221 cm³/mol. The van der Waals surface area contributed by atoms with Crippen LogP contribution < -0.4 is 4.90 Å². The van der Waals surface area contributed by atoms with Crippen molar-refractivity contribution in [1.82, 2.24) is 0 Å². The van der Waals surface area contributed by atoms with Crippen LogP contribution in [0.15, 0.2) is 186 Å². The van der Waals surface area contributed by atoms with Crippen molar-refractivity contribution in [3.63, 3.8) is 0 Å². The minimum atomic E-state index is 0.0843. The summed E-state index contributed by atoms with van der Waals surface area (Å²) in [4.78, 5) is 2.56. The predicted octanol–water partition coefficient (Wildman–Crippen LogP) is 13.5. The highest BCUT2D eigenvalue weighted by Crippen LogP contribution is 2.46. The summed E-state index contributed by atoms with van der Waals surface area (Å²) in [7, 11) is 0. The molecule has 3 unspecified atom stereocenters. The van der Waals surface area contributed by atoms with Crippen LogP contribution in [0.2, 0.25) is 0 Å². The molecule has 4 aromatic carbocycles. The molecular weight excluding hydrogens is 631 g/mol. The van der Waals surface area contributed by atoms with E-state index in [-0.39, 0.29) is 12.0 Å². The molecule has 252 valence electrons. The van der Waals surface area contributed by atoms with E-state index < -0.39 is 0 Å². The molecule has 5 aliphatic carbocycles. The third-order valence-corrected chi connectivity index (χ3v) is 11.6. The largest absolute Gasteiger partial charge is 0.455 e. The van der Waals surface area contributed by atoms with Crippen molar-refractivity contribution in [3.05, 3.63) is 192 Å². The van der Waals surface area contributed by atoms with Crippen LogP contribution in [-0.2, 0) is 0 Å². The van der Waals surface area contributed by atoms with Gasteiger partial charge in [0.25, 0.3) is 0 Å². The van der Waals surface area contributed by atoms with E-state index in [0.717, 1.165) is 47.9 Å². The van der Waals surface area contributed by atoms with Gasteiger partial charge in [0.2, 0.25) is 0 Å². The van der Waals surface area contributed by atoms with Crippen molar-refractivity contribution in [2.45, 2.75) is 38.1 Å². The molecule has 0 fully saturated rings. The van der Waals surface area contributed by atoms with Gasteiger partial charge in [-0.3, -0.25) is 0 Å². The molecule has 0 bridgehead atoms. The number of hydrogen-bond acceptors (Lipinski definition) is 2. The molecule has 0 aliphatic heterocycles. The van der Waals surface area contributed by atoms with E-state index in [2.05, 4.69) is 175 Å². The third-order valence-electron chi connectivity index (χ3n) is 11.6. The van der Waals surface area contributed by atoms with Crippen LogP contribution in [0.4, 0.5) is 11.4 Å². The fraction of sp³-hybridized carbons (Fsp3) is 0.160. The van der Waals surface area contributed by atoms with Gasteiger partial charge in [0.15, 0.2) is 0 Å². The Balaban J connectivity index is 1.12. The van der Waals surface area contributed by atoms with Gasteiger partial charge in [-0.05, 0) is 95.7 Å². The Bertz CT molecular complexity index is 2550. The molecule has 0 spiro atoms. The summed E-state index contributed by atoms with van der Waals surface area (Å²) in [6.07, 6.45) is 42.0. The molecule has 0 saturated heterocycles. The number of rotatable bonds is 6. The van der Waals surface area contributed by atoms with Gasteiger partial charge in [0.1, 0.15) is 11.2 Å². The molecule has 1 aromatic heterocycles. The van der Waals surface area contributed by atoms with Gasteiger partial charge in [0, 0.05) is 28.3 Å². The van der Waals surface area contributed by atoms with Crippen molar-refractivity contribution >= 4 is 55.2 Å². The van der Waals surface area contributed by atoms with Crippen LogP contribution in [0.3, 0.4) is 0 Å². The number of allylic oxidation sites excluding steroid dienone is 17. The molecule has 5 aromatic rings. The highest BCUT2D eigenvalue weighted by Gasteiger charge is 2.32. The normalized spacial score (nSPS) is 22.0. The lowest BCUT2D eigenvalue weighted by Crippen LogP contribution is -2.37.